The van der Waals surface area contributed by atoms with Crippen molar-refractivity contribution in [3.05, 3.63) is 42.5 Å². The van der Waals surface area contributed by atoms with Crippen molar-refractivity contribution in [3.63, 3.8) is 0 Å². The molecule has 2 aliphatic carbocycles. The Hall–Kier alpha value is 0.383. The molecule has 2 aliphatic rings. The van der Waals surface area contributed by atoms with E-state index in [2.05, 4.69) is 42.6 Å². The van der Waals surface area contributed by atoms with Gasteiger partial charge in [0.05, 0.1) is 0 Å². The molecule has 0 radical (unpaired) electrons. The molecule has 0 atom stereocenters. The fourth-order valence-corrected chi connectivity index (χ4v) is 5.26. The third-order valence-electron chi connectivity index (χ3n) is 2.49. The Labute approximate surface area is 135 Å². The normalized spacial score (nSPS) is 15.4. The van der Waals surface area contributed by atoms with Gasteiger partial charge < -0.3 is 5.32 Å². The molecule has 0 heterocycles. The summed E-state index contributed by atoms with van der Waals surface area (Å²) < 4.78 is 3.55. The smallest absolute Gasteiger partial charge is 0.0167 e. The minimum Gasteiger partial charge on any atom is -0.323 e. The Morgan fingerprint density at radius 2 is 1.83 bits per heavy atom. The van der Waals surface area contributed by atoms with Crippen molar-refractivity contribution in [1.29, 1.82) is 0 Å². The molecule has 0 aromatic rings. The van der Waals surface area contributed by atoms with Gasteiger partial charge >= 0.3 is 91.9 Å². The number of rotatable bonds is 3. The van der Waals surface area contributed by atoms with Crippen molar-refractivity contribution in [1.82, 2.24) is 5.32 Å². The fourth-order valence-electron chi connectivity index (χ4n) is 1.75. The maximum Gasteiger partial charge on any atom is -0.0167 e. The zero-order valence-corrected chi connectivity index (χ0v) is 15.4. The third kappa shape index (κ3) is 7.09. The average molecular weight is 367 g/mol. The Morgan fingerprint density at radius 1 is 1.17 bits per heavy atom. The average Bonchev–Trinajstić information content (AvgIpc) is 2.90. The molecule has 0 spiro atoms. The van der Waals surface area contributed by atoms with Gasteiger partial charge in [-0.2, -0.15) is 0 Å². The van der Waals surface area contributed by atoms with Crippen LogP contribution >= 0.6 is 24.8 Å². The molecule has 0 amide bonds. The van der Waals surface area contributed by atoms with Crippen molar-refractivity contribution in [2.75, 3.05) is 14.1 Å². The molecule has 0 saturated carbocycles. The van der Waals surface area contributed by atoms with Crippen LogP contribution in [0.15, 0.2) is 42.5 Å². The van der Waals surface area contributed by atoms with Gasteiger partial charge in [0.1, 0.15) is 0 Å². The number of nitrogens with one attached hydrogen (secondary N) is 1. The van der Waals surface area contributed by atoms with Crippen LogP contribution in [-0.4, -0.2) is 14.1 Å². The second-order valence-electron chi connectivity index (χ2n) is 3.91. The first-order valence-electron chi connectivity index (χ1n) is 5.91. The molecule has 0 fully saturated rings. The van der Waals surface area contributed by atoms with E-state index in [-0.39, 0.29) is 48.0 Å². The Bertz CT molecular complexity index is 344. The van der Waals surface area contributed by atoms with Gasteiger partial charge in [-0.1, -0.05) is 0 Å². The second kappa shape index (κ2) is 12.4. The Balaban J connectivity index is 0. The number of allylic oxidation sites excluding steroid dienone is 8. The van der Waals surface area contributed by atoms with Crippen LogP contribution in [-0.2, 0) is 23.2 Å². The van der Waals surface area contributed by atoms with Crippen molar-refractivity contribution in [2.45, 2.75) is 26.2 Å². The first-order valence-corrected chi connectivity index (χ1v) is 8.37. The van der Waals surface area contributed by atoms with Crippen LogP contribution in [0.3, 0.4) is 0 Å². The predicted molar refractivity (Wildman–Crippen MR) is 82.4 cm³/mol. The van der Waals surface area contributed by atoms with Crippen molar-refractivity contribution >= 4 is 24.8 Å². The molecule has 0 bridgehead atoms. The van der Waals surface area contributed by atoms with E-state index >= 15 is 0 Å². The van der Waals surface area contributed by atoms with Gasteiger partial charge in [0.15, 0.2) is 0 Å². The van der Waals surface area contributed by atoms with E-state index in [4.69, 9.17) is 0 Å². The van der Waals surface area contributed by atoms with Gasteiger partial charge in [-0.15, -0.1) is 24.8 Å². The summed E-state index contributed by atoms with van der Waals surface area (Å²) in [6, 6.07) is 0. The van der Waals surface area contributed by atoms with E-state index in [1.807, 2.05) is 14.1 Å². The van der Waals surface area contributed by atoms with Gasteiger partial charge in [0.2, 0.25) is 0 Å². The van der Waals surface area contributed by atoms with Crippen molar-refractivity contribution in [2.24, 2.45) is 0 Å². The summed E-state index contributed by atoms with van der Waals surface area (Å²) in [5.41, 5.74) is 1.64. The largest absolute Gasteiger partial charge is 0.323 e. The van der Waals surface area contributed by atoms with Gasteiger partial charge in [-0.25, -0.2) is 0 Å². The molecule has 0 unspecified atom stereocenters. The number of hydrogen-bond donors (Lipinski definition) is 1. The van der Waals surface area contributed by atoms with Gasteiger partial charge in [-0.05, 0) is 14.1 Å². The molecule has 4 heteroatoms. The van der Waals surface area contributed by atoms with Crippen LogP contribution in [0.2, 0.25) is 0 Å². The Morgan fingerprint density at radius 3 is 2.33 bits per heavy atom. The first kappa shape index (κ1) is 20.7. The van der Waals surface area contributed by atoms with Crippen molar-refractivity contribution in [3.8, 4) is 0 Å². The quantitative estimate of drug-likeness (QED) is 0.788. The zero-order valence-electron chi connectivity index (χ0n) is 11.3. The topological polar surface area (TPSA) is 12.0 Å². The number of halogens is 2. The van der Waals surface area contributed by atoms with E-state index in [1.54, 1.807) is 12.1 Å². The predicted octanol–water partition coefficient (Wildman–Crippen LogP) is 4.22. The Kier molecular flexibility index (Phi) is 14.3. The molecule has 0 saturated heterocycles. The molecule has 0 aliphatic heterocycles. The van der Waals surface area contributed by atoms with E-state index < -0.39 is 0 Å². The summed E-state index contributed by atoms with van der Waals surface area (Å²) in [7, 11) is 3.75. The van der Waals surface area contributed by atoms with E-state index in [0.29, 0.717) is 0 Å². The van der Waals surface area contributed by atoms with E-state index in [0.717, 1.165) is 0 Å². The van der Waals surface area contributed by atoms with Crippen LogP contribution in [0.1, 0.15) is 26.2 Å². The third-order valence-corrected chi connectivity index (χ3v) is 6.23. The summed E-state index contributed by atoms with van der Waals surface area (Å²) >= 11 is -0.364. The molecule has 2 rings (SSSR count). The first-order chi connectivity index (χ1) is 7.81. The molecule has 0 aromatic heterocycles. The van der Waals surface area contributed by atoms with Crippen LogP contribution in [0, 0.1) is 0 Å². The molecular weight excluding hydrogens is 344 g/mol. The zero-order chi connectivity index (χ0) is 11.8. The summed E-state index contributed by atoms with van der Waals surface area (Å²) in [4.78, 5) is 0. The van der Waals surface area contributed by atoms with Crippen LogP contribution < -0.4 is 5.32 Å². The molecule has 1 N–H and O–H groups in total. The molecule has 102 valence electrons. The summed E-state index contributed by atoms with van der Waals surface area (Å²) in [5.74, 6) is 0. The van der Waals surface area contributed by atoms with Crippen LogP contribution in [0.25, 0.3) is 0 Å². The minimum atomic E-state index is -0.364. The monoisotopic (exact) mass is 365 g/mol. The van der Waals surface area contributed by atoms with Crippen LogP contribution in [0.5, 0.6) is 0 Å². The number of hydrogen-bond acceptors (Lipinski definition) is 1. The summed E-state index contributed by atoms with van der Waals surface area (Å²) in [6.07, 6.45) is 15.2. The van der Waals surface area contributed by atoms with Gasteiger partial charge in [-0.3, -0.25) is 0 Å². The van der Waals surface area contributed by atoms with Crippen LogP contribution in [0.4, 0.5) is 0 Å². The van der Waals surface area contributed by atoms with E-state index in [9.17, 15) is 0 Å². The molecular formula is C14H23Cl2NZr. The summed E-state index contributed by atoms with van der Waals surface area (Å²) in [6.45, 7) is 2.27. The van der Waals surface area contributed by atoms with Gasteiger partial charge in [0, 0.05) is 0 Å². The molecule has 0 aromatic carbocycles. The minimum absolute atomic E-state index is 0. The SMILES string of the molecule is CCC1=[C]([Zr][C]2=CC=CC2)CC=C1.CNC.Cl.Cl. The molecule has 18 heavy (non-hydrogen) atoms. The van der Waals surface area contributed by atoms with Gasteiger partial charge in [0.25, 0.3) is 0 Å². The second-order valence-corrected chi connectivity index (χ2v) is 7.59. The van der Waals surface area contributed by atoms with Crippen molar-refractivity contribution < 1.29 is 23.2 Å². The fraction of sp³-hybridized carbons (Fsp3) is 0.429. The standard InChI is InChI=1S/C7H9.C5H5.C2H7N.2ClH.Zr/c1-2-7-5-3-4-6-7;1-2-4-5-3-1;1-3-2;;;/h3,5H,2,4H2,1H3;1-3H,4H2;3H,1-2H3;2*1H;. The van der Waals surface area contributed by atoms with E-state index in [1.165, 1.54) is 19.3 Å². The molecule has 1 nitrogen and oxygen atoms in total. The maximum absolute atomic E-state index is 2.75. The summed E-state index contributed by atoms with van der Waals surface area (Å²) in [5, 5.41) is 2.75. The maximum atomic E-state index is 2.75.